The summed E-state index contributed by atoms with van der Waals surface area (Å²) in [5, 5.41) is 19.8. The van der Waals surface area contributed by atoms with Crippen LogP contribution in [0.15, 0.2) is 65.2 Å². The molecule has 0 bridgehead atoms. The number of amides is 1. The van der Waals surface area contributed by atoms with Crippen LogP contribution in [0.5, 0.6) is 5.75 Å². The highest BCUT2D eigenvalue weighted by atomic mass is 32.2. The molecule has 0 aliphatic rings. The second-order valence-corrected chi connectivity index (χ2v) is 7.54. The fraction of sp³-hybridized carbons (Fsp3) is 0.200. The number of benzene rings is 2. The van der Waals surface area contributed by atoms with Crippen LogP contribution >= 0.6 is 0 Å². The number of nitrogens with one attached hydrogen (secondary N) is 2. The number of hydrogen-bond donors (Lipinski definition) is 3. The van der Waals surface area contributed by atoms with Crippen molar-refractivity contribution in [1.29, 1.82) is 5.26 Å². The highest BCUT2D eigenvalue weighted by molar-refractivity contribution is 7.89. The number of primary sulfonamides is 1. The lowest BCUT2D eigenvalue weighted by atomic mass is 10.1. The largest absolute Gasteiger partial charge is 0.494 e. The Morgan fingerprint density at radius 3 is 2.38 bits per heavy atom. The van der Waals surface area contributed by atoms with Crippen molar-refractivity contribution >= 4 is 21.6 Å². The molecule has 0 radical (unpaired) electrons. The highest BCUT2D eigenvalue weighted by Crippen LogP contribution is 2.16. The Balaban J connectivity index is 1.87. The van der Waals surface area contributed by atoms with Crippen LogP contribution in [0.25, 0.3) is 0 Å². The number of nitrogens with zero attached hydrogens (tertiary/aromatic N) is 1. The average Bonchev–Trinajstić information content (AvgIpc) is 2.69. The lowest BCUT2D eigenvalue weighted by molar-refractivity contribution is -0.112. The molecule has 0 aliphatic heterocycles. The Morgan fingerprint density at radius 1 is 1.17 bits per heavy atom. The fourth-order valence-electron chi connectivity index (χ4n) is 2.38. The molecular weight excluding hydrogens is 392 g/mol. The van der Waals surface area contributed by atoms with Crippen LogP contribution in [0.3, 0.4) is 0 Å². The molecule has 0 saturated heterocycles. The van der Waals surface area contributed by atoms with Gasteiger partial charge < -0.3 is 15.4 Å². The van der Waals surface area contributed by atoms with Gasteiger partial charge >= 0.3 is 0 Å². The zero-order valence-electron chi connectivity index (χ0n) is 15.9. The first-order chi connectivity index (χ1) is 13.8. The molecule has 2 rings (SSSR count). The molecule has 0 aromatic heterocycles. The quantitative estimate of drug-likeness (QED) is 0.326. The van der Waals surface area contributed by atoms with E-state index in [0.717, 1.165) is 5.56 Å². The topological polar surface area (TPSA) is 134 Å². The molecule has 8 nitrogen and oxygen atoms in total. The Kier molecular flexibility index (Phi) is 7.77. The van der Waals surface area contributed by atoms with E-state index in [1.54, 1.807) is 36.4 Å². The third-order valence-electron chi connectivity index (χ3n) is 3.84. The minimum absolute atomic E-state index is 0.0480. The van der Waals surface area contributed by atoms with Gasteiger partial charge in [-0.2, -0.15) is 5.26 Å². The summed E-state index contributed by atoms with van der Waals surface area (Å²) in [5.41, 5.74) is 1.37. The summed E-state index contributed by atoms with van der Waals surface area (Å²) in [5.74, 6) is 0.168. The van der Waals surface area contributed by atoms with Crippen molar-refractivity contribution in [2.75, 3.05) is 18.5 Å². The molecule has 1 amide bonds. The van der Waals surface area contributed by atoms with Crippen molar-refractivity contribution in [3.8, 4) is 11.8 Å². The average molecular weight is 414 g/mol. The summed E-state index contributed by atoms with van der Waals surface area (Å²) in [6, 6.07) is 14.9. The predicted molar refractivity (Wildman–Crippen MR) is 109 cm³/mol. The van der Waals surface area contributed by atoms with Gasteiger partial charge in [0.2, 0.25) is 10.0 Å². The van der Waals surface area contributed by atoms with Crippen molar-refractivity contribution in [1.82, 2.24) is 5.32 Å². The second-order valence-electron chi connectivity index (χ2n) is 5.97. The third-order valence-corrected chi connectivity index (χ3v) is 4.77. The number of sulfonamides is 1. The summed E-state index contributed by atoms with van der Waals surface area (Å²) < 4.78 is 27.8. The number of carbonyl (C=O) groups excluding carboxylic acids is 1. The number of ether oxygens (including phenoxy) is 1. The highest BCUT2D eigenvalue weighted by Gasteiger charge is 2.09. The van der Waals surface area contributed by atoms with E-state index in [-0.39, 0.29) is 10.5 Å². The Bertz CT molecular complexity index is 1010. The molecular formula is C20H22N4O4S. The number of carbonyl (C=O) groups is 1. The summed E-state index contributed by atoms with van der Waals surface area (Å²) in [6.45, 7) is 2.89. The van der Waals surface area contributed by atoms with Crippen LogP contribution in [0, 0.1) is 11.3 Å². The van der Waals surface area contributed by atoms with E-state index in [1.165, 1.54) is 18.3 Å². The number of nitriles is 1. The monoisotopic (exact) mass is 414 g/mol. The van der Waals surface area contributed by atoms with Crippen LogP contribution in [0.1, 0.15) is 12.5 Å². The maximum Gasteiger partial charge on any atom is 0.267 e. The Hall–Kier alpha value is -3.35. The van der Waals surface area contributed by atoms with E-state index in [0.29, 0.717) is 31.0 Å². The maximum atomic E-state index is 12.2. The summed E-state index contributed by atoms with van der Waals surface area (Å²) in [7, 11) is -3.71. The van der Waals surface area contributed by atoms with Crippen LogP contribution in [0.2, 0.25) is 0 Å². The minimum Gasteiger partial charge on any atom is -0.494 e. The van der Waals surface area contributed by atoms with Crippen molar-refractivity contribution < 1.29 is 17.9 Å². The first-order valence-corrected chi connectivity index (χ1v) is 10.4. The van der Waals surface area contributed by atoms with Gasteiger partial charge in [-0.05, 0) is 55.3 Å². The molecule has 4 N–H and O–H groups in total. The van der Waals surface area contributed by atoms with Gasteiger partial charge in [-0.3, -0.25) is 4.79 Å². The van der Waals surface area contributed by atoms with Crippen molar-refractivity contribution in [2.24, 2.45) is 5.14 Å². The zero-order valence-corrected chi connectivity index (χ0v) is 16.7. The molecule has 2 aromatic carbocycles. The SMILES string of the molecule is CCOc1ccc(NC(=O)/C(C#N)=C\NCCc2ccc(S(N)(=O)=O)cc2)cc1. The van der Waals surface area contributed by atoms with E-state index >= 15 is 0 Å². The molecule has 0 saturated carbocycles. The van der Waals surface area contributed by atoms with Gasteiger partial charge in [0.05, 0.1) is 11.5 Å². The first kappa shape index (κ1) is 21.9. The van der Waals surface area contributed by atoms with E-state index in [9.17, 15) is 18.5 Å². The third kappa shape index (κ3) is 6.95. The summed E-state index contributed by atoms with van der Waals surface area (Å²) in [4.78, 5) is 12.3. The van der Waals surface area contributed by atoms with Gasteiger partial charge in [-0.1, -0.05) is 12.1 Å². The lowest BCUT2D eigenvalue weighted by Crippen LogP contribution is -2.18. The van der Waals surface area contributed by atoms with Gasteiger partial charge in [0.1, 0.15) is 17.4 Å². The Labute approximate surface area is 170 Å². The zero-order chi connectivity index (χ0) is 21.3. The van der Waals surface area contributed by atoms with Crippen molar-refractivity contribution in [2.45, 2.75) is 18.2 Å². The van der Waals surface area contributed by atoms with Gasteiger partial charge in [0, 0.05) is 18.4 Å². The van der Waals surface area contributed by atoms with Crippen LogP contribution in [-0.4, -0.2) is 27.5 Å². The molecule has 0 unspecified atom stereocenters. The number of hydrogen-bond acceptors (Lipinski definition) is 6. The van der Waals surface area contributed by atoms with Gasteiger partial charge in [-0.25, -0.2) is 13.6 Å². The van der Waals surface area contributed by atoms with Crippen LogP contribution in [-0.2, 0) is 21.2 Å². The van der Waals surface area contributed by atoms with Crippen molar-refractivity contribution in [3.63, 3.8) is 0 Å². The fourth-order valence-corrected chi connectivity index (χ4v) is 2.90. The molecule has 0 spiro atoms. The lowest BCUT2D eigenvalue weighted by Gasteiger charge is -2.07. The Morgan fingerprint density at radius 2 is 1.83 bits per heavy atom. The molecule has 0 aliphatic carbocycles. The standard InChI is InChI=1S/C20H22N4O4S/c1-2-28-18-7-5-17(6-8-18)24-20(25)16(13-21)14-23-12-11-15-3-9-19(10-4-15)29(22,26)27/h3-10,14,23H,2,11-12H2,1H3,(H,24,25)(H2,22,26,27)/b16-14-. The van der Waals surface area contributed by atoms with E-state index in [2.05, 4.69) is 10.6 Å². The van der Waals surface area contributed by atoms with Gasteiger partial charge in [-0.15, -0.1) is 0 Å². The normalized spacial score (nSPS) is 11.4. The number of nitrogens with two attached hydrogens (primary N) is 1. The number of anilines is 1. The van der Waals surface area contributed by atoms with Crippen molar-refractivity contribution in [3.05, 3.63) is 65.9 Å². The molecule has 9 heteroatoms. The van der Waals surface area contributed by atoms with Gasteiger partial charge in [0.15, 0.2) is 0 Å². The minimum atomic E-state index is -3.71. The molecule has 29 heavy (non-hydrogen) atoms. The molecule has 0 atom stereocenters. The first-order valence-electron chi connectivity index (χ1n) is 8.83. The van der Waals surface area contributed by atoms with E-state index in [1.807, 2.05) is 13.0 Å². The van der Waals surface area contributed by atoms with E-state index < -0.39 is 15.9 Å². The molecule has 0 heterocycles. The van der Waals surface area contributed by atoms with Gasteiger partial charge in [0.25, 0.3) is 5.91 Å². The predicted octanol–water partition coefficient (Wildman–Crippen LogP) is 1.91. The van der Waals surface area contributed by atoms with Crippen LogP contribution in [0.4, 0.5) is 5.69 Å². The second kappa shape index (κ2) is 10.3. The molecule has 152 valence electrons. The molecule has 2 aromatic rings. The van der Waals surface area contributed by atoms with Crippen LogP contribution < -0.4 is 20.5 Å². The summed E-state index contributed by atoms with van der Waals surface area (Å²) in [6.07, 6.45) is 1.92. The maximum absolute atomic E-state index is 12.2. The van der Waals surface area contributed by atoms with E-state index in [4.69, 9.17) is 9.88 Å². The number of rotatable bonds is 9. The summed E-state index contributed by atoms with van der Waals surface area (Å²) >= 11 is 0. The smallest absolute Gasteiger partial charge is 0.267 e. The molecule has 0 fully saturated rings.